The normalized spacial score (nSPS) is 13.2. The van der Waals surface area contributed by atoms with Crippen LogP contribution in [-0.2, 0) is 10.8 Å². The monoisotopic (exact) mass is 209 g/mol. The molecule has 13 heavy (non-hydrogen) atoms. The molecule has 0 aromatic heterocycles. The Morgan fingerprint density at radius 3 is 2.46 bits per heavy atom. The van der Waals surface area contributed by atoms with E-state index in [0.29, 0.717) is 0 Å². The predicted octanol–water partition coefficient (Wildman–Crippen LogP) is 1.74. The number of hydrogen-bond acceptors (Lipinski definition) is 2. The largest absolute Gasteiger partial charge is 0.398 e. The highest BCUT2D eigenvalue weighted by atomic mass is 32.2. The van der Waals surface area contributed by atoms with Gasteiger partial charge in [-0.15, -0.1) is 0 Å². The lowest BCUT2D eigenvalue weighted by Crippen LogP contribution is -2.05. The lowest BCUT2D eigenvalue weighted by molar-refractivity contribution is 0.244. The minimum atomic E-state index is -3.01. The summed E-state index contributed by atoms with van der Waals surface area (Å²) in [6.45, 7) is 0. The summed E-state index contributed by atoms with van der Waals surface area (Å²) < 4.78 is 47.2. The second-order valence-corrected chi connectivity index (χ2v) is 3.63. The molecule has 1 rings (SSSR count). The van der Waals surface area contributed by atoms with E-state index < -0.39 is 22.4 Å². The summed E-state index contributed by atoms with van der Waals surface area (Å²) in [5.41, 5.74) is 4.97. The van der Waals surface area contributed by atoms with E-state index in [2.05, 4.69) is 0 Å². The molecular weight excluding hydrogens is 203 g/mol. The van der Waals surface area contributed by atoms with Crippen molar-refractivity contribution in [3.05, 3.63) is 24.0 Å². The van der Waals surface area contributed by atoms with Crippen molar-refractivity contribution < 1.29 is 17.4 Å². The minimum Gasteiger partial charge on any atom is -0.398 e. The van der Waals surface area contributed by atoms with Crippen LogP contribution >= 0.6 is 0 Å². The van der Waals surface area contributed by atoms with Gasteiger partial charge in [0.2, 0.25) is 0 Å². The first-order valence-corrected chi connectivity index (χ1v) is 4.47. The van der Waals surface area contributed by atoms with Crippen LogP contribution < -0.4 is 5.73 Å². The molecule has 0 saturated carbocycles. The van der Waals surface area contributed by atoms with Gasteiger partial charge >= 0.3 is 5.76 Å². The van der Waals surface area contributed by atoms with E-state index in [1.807, 2.05) is 0 Å². The van der Waals surface area contributed by atoms with Gasteiger partial charge in [0.25, 0.3) is 0 Å². The Morgan fingerprint density at radius 1 is 1.38 bits per heavy atom. The van der Waals surface area contributed by atoms with Gasteiger partial charge in [-0.1, -0.05) is 0 Å². The molecule has 6 heteroatoms. The molecule has 1 aromatic carbocycles. The van der Waals surface area contributed by atoms with Gasteiger partial charge in [0.15, 0.2) is 0 Å². The SMILES string of the molecule is Nc1cc(F)ccc1S(=O)C(F)F. The summed E-state index contributed by atoms with van der Waals surface area (Å²) in [6, 6.07) is 2.79. The van der Waals surface area contributed by atoms with Gasteiger partial charge in [-0.3, -0.25) is 0 Å². The maximum Gasteiger partial charge on any atom is 0.316 e. The molecule has 0 aliphatic rings. The van der Waals surface area contributed by atoms with E-state index in [9.17, 15) is 17.4 Å². The van der Waals surface area contributed by atoms with Gasteiger partial charge in [0.1, 0.15) is 16.6 Å². The Kier molecular flexibility index (Phi) is 2.92. The molecule has 0 amide bonds. The number of nitrogens with two attached hydrogens (primary N) is 1. The molecule has 0 heterocycles. The number of benzene rings is 1. The topological polar surface area (TPSA) is 43.1 Å². The first-order chi connectivity index (χ1) is 6.02. The molecule has 2 nitrogen and oxygen atoms in total. The number of nitrogen functional groups attached to an aromatic ring is 1. The number of rotatable bonds is 2. The molecule has 0 radical (unpaired) electrons. The zero-order chi connectivity index (χ0) is 10.0. The van der Waals surface area contributed by atoms with E-state index in [1.54, 1.807) is 0 Å². The van der Waals surface area contributed by atoms with Crippen LogP contribution in [0.2, 0.25) is 0 Å². The van der Waals surface area contributed by atoms with Gasteiger partial charge in [-0.25, -0.2) is 8.60 Å². The van der Waals surface area contributed by atoms with Crippen LogP contribution in [0.5, 0.6) is 0 Å². The van der Waals surface area contributed by atoms with Gasteiger partial charge in [-0.05, 0) is 18.2 Å². The average Bonchev–Trinajstić information content (AvgIpc) is 2.03. The summed E-state index contributed by atoms with van der Waals surface area (Å²) in [4.78, 5) is -0.239. The van der Waals surface area contributed by atoms with Crippen LogP contribution in [0.3, 0.4) is 0 Å². The van der Waals surface area contributed by atoms with Gasteiger partial charge < -0.3 is 5.73 Å². The van der Waals surface area contributed by atoms with Crippen molar-refractivity contribution in [2.45, 2.75) is 10.7 Å². The smallest absolute Gasteiger partial charge is 0.316 e. The summed E-state index contributed by atoms with van der Waals surface area (Å²) in [5.74, 6) is -3.65. The van der Waals surface area contributed by atoms with Crippen LogP contribution in [0, 0.1) is 5.82 Å². The van der Waals surface area contributed by atoms with E-state index in [-0.39, 0.29) is 10.6 Å². The fourth-order valence-electron chi connectivity index (χ4n) is 0.799. The summed E-state index contributed by atoms with van der Waals surface area (Å²) in [7, 11) is -2.48. The Hall–Kier alpha value is -1.04. The van der Waals surface area contributed by atoms with Gasteiger partial charge in [0, 0.05) is 0 Å². The van der Waals surface area contributed by atoms with E-state index in [4.69, 9.17) is 5.73 Å². The molecule has 1 atom stereocenters. The van der Waals surface area contributed by atoms with E-state index in [0.717, 1.165) is 18.2 Å². The Bertz CT molecular complexity index is 343. The van der Waals surface area contributed by atoms with Crippen molar-refractivity contribution in [1.29, 1.82) is 0 Å². The van der Waals surface area contributed by atoms with Crippen molar-refractivity contribution in [3.63, 3.8) is 0 Å². The third kappa shape index (κ3) is 2.21. The highest BCUT2D eigenvalue weighted by Gasteiger charge is 2.18. The summed E-state index contributed by atoms with van der Waals surface area (Å²) in [5, 5.41) is 0. The second kappa shape index (κ2) is 3.78. The van der Waals surface area contributed by atoms with Crippen molar-refractivity contribution in [2.24, 2.45) is 0 Å². The van der Waals surface area contributed by atoms with Crippen LogP contribution in [0.25, 0.3) is 0 Å². The zero-order valence-corrected chi connectivity index (χ0v) is 7.15. The molecule has 0 bridgehead atoms. The van der Waals surface area contributed by atoms with Crippen LogP contribution in [-0.4, -0.2) is 9.97 Å². The Balaban J connectivity index is 3.09. The van der Waals surface area contributed by atoms with Crippen LogP contribution in [0.4, 0.5) is 18.9 Å². The van der Waals surface area contributed by atoms with E-state index in [1.165, 1.54) is 0 Å². The summed E-state index contributed by atoms with van der Waals surface area (Å²) >= 11 is 0. The second-order valence-electron chi connectivity index (χ2n) is 2.24. The minimum absolute atomic E-state index is 0.223. The van der Waals surface area contributed by atoms with Crippen molar-refractivity contribution in [3.8, 4) is 0 Å². The van der Waals surface area contributed by atoms with Gasteiger partial charge in [-0.2, -0.15) is 8.78 Å². The molecule has 0 aliphatic carbocycles. The van der Waals surface area contributed by atoms with Crippen molar-refractivity contribution in [2.75, 3.05) is 5.73 Å². The highest BCUT2D eigenvalue weighted by Crippen LogP contribution is 2.21. The van der Waals surface area contributed by atoms with Crippen molar-refractivity contribution in [1.82, 2.24) is 0 Å². The highest BCUT2D eigenvalue weighted by molar-refractivity contribution is 7.85. The van der Waals surface area contributed by atoms with Crippen molar-refractivity contribution >= 4 is 16.5 Å². The first-order valence-electron chi connectivity index (χ1n) is 3.26. The summed E-state index contributed by atoms with van der Waals surface area (Å²) in [6.07, 6.45) is 0. The third-order valence-corrected chi connectivity index (χ3v) is 2.48. The lowest BCUT2D eigenvalue weighted by Gasteiger charge is -2.03. The van der Waals surface area contributed by atoms with Gasteiger partial charge in [0.05, 0.1) is 10.6 Å². The maximum atomic E-state index is 12.4. The number of halogens is 3. The lowest BCUT2D eigenvalue weighted by atomic mass is 10.3. The molecule has 72 valence electrons. The fraction of sp³-hybridized carbons (Fsp3) is 0.143. The number of anilines is 1. The first kappa shape index (κ1) is 10.0. The van der Waals surface area contributed by atoms with Crippen LogP contribution in [0.15, 0.2) is 23.1 Å². The number of hydrogen-bond donors (Lipinski definition) is 1. The Morgan fingerprint density at radius 2 is 2.00 bits per heavy atom. The average molecular weight is 209 g/mol. The molecule has 0 spiro atoms. The molecular formula is C7H6F3NOS. The Labute approximate surface area is 75.0 Å². The van der Waals surface area contributed by atoms with Crippen LogP contribution in [0.1, 0.15) is 0 Å². The molecule has 1 unspecified atom stereocenters. The quantitative estimate of drug-likeness (QED) is 0.754. The molecule has 1 aromatic rings. The molecule has 2 N–H and O–H groups in total. The molecule has 0 saturated heterocycles. The zero-order valence-electron chi connectivity index (χ0n) is 6.34. The number of alkyl halides is 2. The third-order valence-electron chi connectivity index (χ3n) is 1.35. The predicted molar refractivity (Wildman–Crippen MR) is 43.2 cm³/mol. The molecule has 0 aliphatic heterocycles. The molecule has 0 fully saturated rings. The van der Waals surface area contributed by atoms with E-state index >= 15 is 0 Å². The fourth-order valence-corrected chi connectivity index (χ4v) is 1.48. The standard InChI is InChI=1S/C7H6F3NOS/c8-4-1-2-6(5(11)3-4)13(12)7(9)10/h1-3,7H,11H2. The maximum absolute atomic E-state index is 12.4.